The number of esters is 1. The van der Waals surface area contributed by atoms with Crippen molar-refractivity contribution < 1.29 is 29.6 Å². The molecule has 1 rings (SSSR count). The van der Waals surface area contributed by atoms with Gasteiger partial charge in [-0.1, -0.05) is 457 Å². The normalized spacial score (nSPS) is 15.3. The van der Waals surface area contributed by atoms with Crippen molar-refractivity contribution in [3.05, 3.63) is 0 Å². The molecule has 6 heteroatoms. The number of hydrogen-bond acceptors (Lipinski definition) is 6. The largest absolute Gasteiger partial charge is 0.463 e. The maximum Gasteiger partial charge on any atom is 0.311 e. The van der Waals surface area contributed by atoms with Crippen molar-refractivity contribution in [3.63, 3.8) is 0 Å². The summed E-state index contributed by atoms with van der Waals surface area (Å²) in [5.41, 5.74) is 0. The number of aliphatic hydroxyl groups is 3. The Labute approximate surface area is 583 Å². The van der Waals surface area contributed by atoms with Crippen molar-refractivity contribution in [2.75, 3.05) is 13.2 Å². The van der Waals surface area contributed by atoms with Crippen LogP contribution in [-0.4, -0.2) is 52.5 Å². The lowest BCUT2D eigenvalue weighted by atomic mass is 9.91. The molecule has 93 heavy (non-hydrogen) atoms. The van der Waals surface area contributed by atoms with Gasteiger partial charge in [-0.25, -0.2) is 0 Å². The Kier molecular flexibility index (Phi) is 71.4. The summed E-state index contributed by atoms with van der Waals surface area (Å²) in [4.78, 5) is 25.7. The highest BCUT2D eigenvalue weighted by molar-refractivity contribution is 5.80. The number of rotatable bonds is 81. The minimum atomic E-state index is -1.07. The van der Waals surface area contributed by atoms with Crippen LogP contribution >= 0.6 is 0 Å². The van der Waals surface area contributed by atoms with Crippen LogP contribution in [0.5, 0.6) is 0 Å². The number of unbranched alkanes of at least 4 members (excludes halogenated alkanes) is 63. The molecule has 0 aromatic carbocycles. The smallest absolute Gasteiger partial charge is 0.311 e. The number of aliphatic hydroxyl groups excluding tert-OH is 3. The van der Waals surface area contributed by atoms with E-state index in [0.717, 1.165) is 56.8 Å². The van der Waals surface area contributed by atoms with Crippen LogP contribution in [0.3, 0.4) is 0 Å². The van der Waals surface area contributed by atoms with Gasteiger partial charge in [0.1, 0.15) is 18.5 Å². The number of ether oxygens (including phenoxy) is 1. The number of ketones is 1. The molecule has 6 unspecified atom stereocenters. The van der Waals surface area contributed by atoms with E-state index in [1.807, 2.05) is 0 Å². The molecule has 0 aliphatic heterocycles. The van der Waals surface area contributed by atoms with Gasteiger partial charge >= 0.3 is 5.97 Å². The third-order valence-corrected chi connectivity index (χ3v) is 22.2. The van der Waals surface area contributed by atoms with E-state index >= 15 is 0 Å². The Bertz CT molecular complexity index is 1470. The van der Waals surface area contributed by atoms with Crippen molar-refractivity contribution in [2.24, 2.45) is 23.7 Å². The van der Waals surface area contributed by atoms with Crippen LogP contribution in [0, 0.1) is 23.7 Å². The third-order valence-electron chi connectivity index (χ3n) is 22.2. The summed E-state index contributed by atoms with van der Waals surface area (Å²) in [7, 11) is 0. The average molecular weight is 1310 g/mol. The summed E-state index contributed by atoms with van der Waals surface area (Å²) >= 11 is 0. The van der Waals surface area contributed by atoms with Gasteiger partial charge in [-0.2, -0.15) is 0 Å². The number of carbonyl (C=O) groups excluding carboxylic acids is 2. The lowest BCUT2D eigenvalue weighted by Crippen LogP contribution is -2.32. The molecule has 0 radical (unpaired) electrons. The molecule has 1 aliphatic rings. The zero-order valence-electron chi connectivity index (χ0n) is 63.8. The lowest BCUT2D eigenvalue weighted by molar-refractivity contribution is -0.156. The minimum Gasteiger partial charge on any atom is -0.463 e. The van der Waals surface area contributed by atoms with E-state index in [0.29, 0.717) is 18.6 Å². The Balaban J connectivity index is 1.85. The molecule has 0 spiro atoms. The van der Waals surface area contributed by atoms with Crippen molar-refractivity contribution in [1.29, 1.82) is 0 Å². The first-order valence-electron chi connectivity index (χ1n) is 43.5. The first kappa shape index (κ1) is 90.0. The molecule has 0 amide bonds. The highest BCUT2D eigenvalue weighted by atomic mass is 16.5. The molecule has 1 fully saturated rings. The molecule has 554 valence electrons. The van der Waals surface area contributed by atoms with Crippen LogP contribution in [0.2, 0.25) is 0 Å². The van der Waals surface area contributed by atoms with Crippen molar-refractivity contribution >= 4 is 11.8 Å². The van der Waals surface area contributed by atoms with Crippen molar-refractivity contribution in [1.82, 2.24) is 0 Å². The van der Waals surface area contributed by atoms with E-state index < -0.39 is 30.7 Å². The Morgan fingerprint density at radius 3 is 0.839 bits per heavy atom. The van der Waals surface area contributed by atoms with Crippen LogP contribution in [-0.2, 0) is 14.3 Å². The maximum atomic E-state index is 13.0. The maximum absolute atomic E-state index is 13.0. The fourth-order valence-corrected chi connectivity index (χ4v) is 15.3. The monoisotopic (exact) mass is 1310 g/mol. The Hall–Kier alpha value is -0.980. The van der Waals surface area contributed by atoms with Crippen LogP contribution in [0.1, 0.15) is 496 Å². The van der Waals surface area contributed by atoms with Gasteiger partial charge in [-0.05, 0) is 43.9 Å². The van der Waals surface area contributed by atoms with Gasteiger partial charge in [0.05, 0.1) is 18.6 Å². The molecule has 0 saturated heterocycles. The molecule has 0 bridgehead atoms. The molecular weight excluding hydrogens is 1140 g/mol. The third kappa shape index (κ3) is 65.4. The Morgan fingerprint density at radius 1 is 0.323 bits per heavy atom. The predicted molar refractivity (Wildman–Crippen MR) is 408 cm³/mol. The molecule has 0 heterocycles. The molecule has 0 aromatic heterocycles. The van der Waals surface area contributed by atoms with Crippen molar-refractivity contribution in [2.45, 2.75) is 508 Å². The van der Waals surface area contributed by atoms with Crippen LogP contribution in [0.25, 0.3) is 0 Å². The second kappa shape index (κ2) is 73.7. The van der Waals surface area contributed by atoms with Crippen LogP contribution in [0.4, 0.5) is 0 Å². The zero-order chi connectivity index (χ0) is 67.1. The number of Topliss-reactive ketones (excluding diaryl/α,β-unsaturated/α-hetero) is 1. The van der Waals surface area contributed by atoms with Gasteiger partial charge < -0.3 is 20.1 Å². The molecule has 1 aliphatic carbocycles. The lowest BCUT2D eigenvalue weighted by Gasteiger charge is -2.22. The zero-order valence-corrected chi connectivity index (χ0v) is 63.8. The Morgan fingerprint density at radius 2 is 0.559 bits per heavy atom. The predicted octanol–water partition coefficient (Wildman–Crippen LogP) is 28.2. The second-order valence-corrected chi connectivity index (χ2v) is 31.4. The summed E-state index contributed by atoms with van der Waals surface area (Å²) in [6, 6.07) is 0. The van der Waals surface area contributed by atoms with Crippen LogP contribution in [0.15, 0.2) is 0 Å². The van der Waals surface area contributed by atoms with E-state index in [4.69, 9.17) is 4.74 Å². The number of carbonyl (C=O) groups is 2. The SMILES string of the molecule is CCCCCCCCCCCCCCCCCCCCCCCCC(C(=O)OCC(O)CO)C(O)CCCCCCCCCCCCCCCCCC1CC1CCCCCCCCCCCCCCCCC(=O)C(C)CCCCCCCCCCCCCCCCCC. The summed E-state index contributed by atoms with van der Waals surface area (Å²) in [6.45, 7) is 6.14. The standard InChI is InChI=1S/C87H170O6/c1-4-6-8-10-12-14-16-18-20-22-23-24-25-26-27-31-38-44-50-56-62-68-74-84(87(92)93-79-83(89)78-88)86(91)76-70-64-58-52-46-40-32-28-30-36-42-48-54-60-66-72-81-77-82(81)73-67-61-55-49-43-37-33-34-39-45-51-57-63-69-75-85(90)80(3)71-65-59-53-47-41-35-29-21-19-17-15-13-11-9-7-5-2/h80-84,86,88-89,91H,4-79H2,1-3H3. The van der Waals surface area contributed by atoms with Gasteiger partial charge in [0.15, 0.2) is 0 Å². The van der Waals surface area contributed by atoms with Gasteiger partial charge in [-0.3, -0.25) is 9.59 Å². The molecule has 0 aromatic rings. The molecule has 3 N–H and O–H groups in total. The highest BCUT2D eigenvalue weighted by Gasteiger charge is 2.35. The van der Waals surface area contributed by atoms with E-state index in [-0.39, 0.29) is 12.5 Å². The summed E-state index contributed by atoms with van der Waals surface area (Å²) in [5.74, 6) is 1.98. The molecule has 6 nitrogen and oxygen atoms in total. The van der Waals surface area contributed by atoms with Gasteiger partial charge in [0.2, 0.25) is 0 Å². The van der Waals surface area contributed by atoms with Crippen LogP contribution < -0.4 is 0 Å². The van der Waals surface area contributed by atoms with Gasteiger partial charge in [0, 0.05) is 12.3 Å². The highest BCUT2D eigenvalue weighted by Crippen LogP contribution is 2.46. The topological polar surface area (TPSA) is 104 Å². The molecule has 1 saturated carbocycles. The fourth-order valence-electron chi connectivity index (χ4n) is 15.3. The number of hydrogen-bond donors (Lipinski definition) is 3. The molecule has 6 atom stereocenters. The molecular formula is C87H170O6. The van der Waals surface area contributed by atoms with Gasteiger partial charge in [-0.15, -0.1) is 0 Å². The first-order chi connectivity index (χ1) is 45.8. The van der Waals surface area contributed by atoms with Crippen molar-refractivity contribution in [3.8, 4) is 0 Å². The second-order valence-electron chi connectivity index (χ2n) is 31.4. The van der Waals surface area contributed by atoms with E-state index in [1.54, 1.807) is 0 Å². The summed E-state index contributed by atoms with van der Waals surface area (Å²) in [5, 5.41) is 30.1. The van der Waals surface area contributed by atoms with E-state index in [9.17, 15) is 24.9 Å². The first-order valence-corrected chi connectivity index (χ1v) is 43.5. The van der Waals surface area contributed by atoms with E-state index in [2.05, 4.69) is 20.8 Å². The van der Waals surface area contributed by atoms with Gasteiger partial charge in [0.25, 0.3) is 0 Å². The van der Waals surface area contributed by atoms with E-state index in [1.165, 1.54) is 417 Å². The fraction of sp³-hybridized carbons (Fsp3) is 0.977. The summed E-state index contributed by atoms with van der Waals surface area (Å²) < 4.78 is 5.36. The average Bonchev–Trinajstić information content (AvgIpc) is 1.84. The minimum absolute atomic E-state index is 0.213. The quantitative estimate of drug-likeness (QED) is 0.0414. The summed E-state index contributed by atoms with van der Waals surface area (Å²) in [6.07, 6.45) is 97.5.